The van der Waals surface area contributed by atoms with E-state index in [0.29, 0.717) is 0 Å². The van der Waals surface area contributed by atoms with Crippen LogP contribution in [0.3, 0.4) is 0 Å². The third kappa shape index (κ3) is 5.27. The van der Waals surface area contributed by atoms with Crippen molar-refractivity contribution in [3.05, 3.63) is 29.8 Å². The van der Waals surface area contributed by atoms with E-state index in [1.165, 1.54) is 24.3 Å². The van der Waals surface area contributed by atoms with Crippen LogP contribution in [0.2, 0.25) is 0 Å². The molecular weight excluding hydrogens is 286 g/mol. The van der Waals surface area contributed by atoms with Gasteiger partial charge in [0.1, 0.15) is 0 Å². The van der Waals surface area contributed by atoms with E-state index in [2.05, 4.69) is 9.46 Å². The number of hydrogen-bond acceptors (Lipinski definition) is 5. The van der Waals surface area contributed by atoms with Gasteiger partial charge in [0.05, 0.1) is 24.3 Å². The van der Waals surface area contributed by atoms with Gasteiger partial charge in [-0.15, -0.1) is 0 Å². The zero-order valence-corrected chi connectivity index (χ0v) is 11.6. The smallest absolute Gasteiger partial charge is 0.335 e. The molecule has 20 heavy (non-hydrogen) atoms. The fourth-order valence-corrected chi connectivity index (χ4v) is 2.39. The van der Waals surface area contributed by atoms with Crippen LogP contribution < -0.4 is 4.72 Å². The number of aromatic carboxylic acids is 1. The molecule has 0 spiro atoms. The lowest BCUT2D eigenvalue weighted by Crippen LogP contribution is -2.20. The van der Waals surface area contributed by atoms with E-state index in [9.17, 15) is 18.0 Å². The average molecular weight is 301 g/mol. The highest BCUT2D eigenvalue weighted by molar-refractivity contribution is 7.92. The molecular formula is C12H15NO6S. The van der Waals surface area contributed by atoms with Gasteiger partial charge in [-0.2, -0.15) is 0 Å². The van der Waals surface area contributed by atoms with Gasteiger partial charge in [-0.3, -0.25) is 9.52 Å². The molecule has 8 heteroatoms. The molecule has 2 N–H and O–H groups in total. The lowest BCUT2D eigenvalue weighted by molar-refractivity contribution is -0.142. The monoisotopic (exact) mass is 301 g/mol. The fourth-order valence-electron chi connectivity index (χ4n) is 1.36. The minimum Gasteiger partial charge on any atom is -0.478 e. The van der Waals surface area contributed by atoms with Crippen LogP contribution in [0.1, 0.15) is 23.7 Å². The molecule has 0 heterocycles. The van der Waals surface area contributed by atoms with Gasteiger partial charge in [-0.25, -0.2) is 13.2 Å². The van der Waals surface area contributed by atoms with Crippen LogP contribution in [0.25, 0.3) is 0 Å². The number of benzene rings is 1. The molecule has 1 aromatic rings. The Morgan fingerprint density at radius 3 is 2.35 bits per heavy atom. The summed E-state index contributed by atoms with van der Waals surface area (Å²) in [6.45, 7) is 1.83. The van der Waals surface area contributed by atoms with Gasteiger partial charge in [0.2, 0.25) is 10.0 Å². The fraction of sp³-hybridized carbons (Fsp3) is 0.333. The predicted molar refractivity (Wildman–Crippen MR) is 72.1 cm³/mol. The van der Waals surface area contributed by atoms with Crippen molar-refractivity contribution in [1.82, 2.24) is 0 Å². The molecule has 0 aliphatic heterocycles. The first-order valence-electron chi connectivity index (χ1n) is 5.83. The Kier molecular flexibility index (Phi) is 5.51. The van der Waals surface area contributed by atoms with E-state index in [1.54, 1.807) is 6.92 Å². The van der Waals surface area contributed by atoms with Gasteiger partial charge in [0.25, 0.3) is 0 Å². The average Bonchev–Trinajstić information content (AvgIpc) is 2.37. The number of hydrogen-bond donors (Lipinski definition) is 2. The van der Waals surface area contributed by atoms with E-state index < -0.39 is 27.7 Å². The molecule has 0 aliphatic rings. The summed E-state index contributed by atoms with van der Waals surface area (Å²) >= 11 is 0. The molecule has 0 saturated carbocycles. The number of anilines is 1. The van der Waals surface area contributed by atoms with Crippen LogP contribution in [-0.4, -0.2) is 37.8 Å². The Morgan fingerprint density at radius 1 is 1.25 bits per heavy atom. The second-order valence-corrected chi connectivity index (χ2v) is 5.70. The van der Waals surface area contributed by atoms with Crippen LogP contribution in [-0.2, 0) is 19.6 Å². The Hall–Kier alpha value is -2.09. The number of carboxylic acids is 1. The van der Waals surface area contributed by atoms with Gasteiger partial charge >= 0.3 is 11.9 Å². The van der Waals surface area contributed by atoms with Crippen molar-refractivity contribution in [2.24, 2.45) is 0 Å². The number of rotatable bonds is 7. The van der Waals surface area contributed by atoms with Crippen LogP contribution in [0.5, 0.6) is 0 Å². The van der Waals surface area contributed by atoms with Crippen molar-refractivity contribution in [2.75, 3.05) is 17.1 Å². The second-order valence-electron chi connectivity index (χ2n) is 3.86. The van der Waals surface area contributed by atoms with Gasteiger partial charge in [-0.1, -0.05) is 0 Å². The predicted octanol–water partition coefficient (Wildman–Crippen LogP) is 1.08. The Labute approximate surface area is 116 Å². The quantitative estimate of drug-likeness (QED) is 0.729. The lowest BCUT2D eigenvalue weighted by atomic mass is 10.2. The van der Waals surface area contributed by atoms with Crippen molar-refractivity contribution < 1.29 is 27.9 Å². The summed E-state index contributed by atoms with van der Waals surface area (Å²) < 4.78 is 30.3. The highest BCUT2D eigenvalue weighted by Crippen LogP contribution is 2.12. The molecule has 110 valence electrons. The van der Waals surface area contributed by atoms with Gasteiger partial charge in [0, 0.05) is 5.69 Å². The maximum Gasteiger partial charge on any atom is 0.335 e. The number of carboxylic acid groups (broad SMARTS) is 1. The molecule has 7 nitrogen and oxygen atoms in total. The molecule has 0 amide bonds. The van der Waals surface area contributed by atoms with E-state index >= 15 is 0 Å². The highest BCUT2D eigenvalue weighted by atomic mass is 32.2. The number of esters is 1. The Balaban J connectivity index is 2.62. The van der Waals surface area contributed by atoms with E-state index in [-0.39, 0.29) is 24.3 Å². The number of ether oxygens (including phenoxy) is 1. The molecule has 0 aliphatic carbocycles. The Bertz CT molecular complexity index is 578. The van der Waals surface area contributed by atoms with E-state index in [4.69, 9.17) is 5.11 Å². The minimum absolute atomic E-state index is 0.0551. The van der Waals surface area contributed by atoms with Crippen LogP contribution in [0, 0.1) is 0 Å². The maximum absolute atomic E-state index is 11.7. The summed E-state index contributed by atoms with van der Waals surface area (Å²) in [6.07, 6.45) is -0.240. The van der Waals surface area contributed by atoms with Crippen molar-refractivity contribution in [3.63, 3.8) is 0 Å². The molecule has 1 aromatic carbocycles. The summed E-state index contributed by atoms with van der Waals surface area (Å²) in [5, 5.41) is 8.71. The molecule has 0 radical (unpaired) electrons. The largest absolute Gasteiger partial charge is 0.478 e. The summed E-state index contributed by atoms with van der Waals surface area (Å²) in [5.41, 5.74) is 0.290. The Morgan fingerprint density at radius 2 is 1.85 bits per heavy atom. The van der Waals surface area contributed by atoms with Gasteiger partial charge in [0.15, 0.2) is 0 Å². The molecule has 1 rings (SSSR count). The minimum atomic E-state index is -3.68. The zero-order chi connectivity index (χ0) is 15.2. The first-order chi connectivity index (χ1) is 9.34. The van der Waals surface area contributed by atoms with Gasteiger partial charge in [-0.05, 0) is 31.2 Å². The van der Waals surface area contributed by atoms with Crippen LogP contribution in [0.15, 0.2) is 24.3 Å². The van der Waals surface area contributed by atoms with Gasteiger partial charge < -0.3 is 9.84 Å². The number of sulfonamides is 1. The highest BCUT2D eigenvalue weighted by Gasteiger charge is 2.14. The zero-order valence-electron chi connectivity index (χ0n) is 10.8. The van der Waals surface area contributed by atoms with Crippen molar-refractivity contribution >= 4 is 27.6 Å². The second kappa shape index (κ2) is 6.90. The number of carbonyl (C=O) groups excluding carboxylic acids is 1. The first-order valence-corrected chi connectivity index (χ1v) is 7.49. The lowest BCUT2D eigenvalue weighted by Gasteiger charge is -2.08. The summed E-state index contributed by atoms with van der Waals surface area (Å²) in [5.74, 6) is -2.08. The summed E-state index contributed by atoms with van der Waals surface area (Å²) in [6, 6.07) is 5.24. The standard InChI is InChI=1S/C12H15NO6S/c1-2-19-11(14)7-8-20(17,18)13-10-5-3-9(4-6-10)12(15)16/h3-6,13H,2,7-8H2,1H3,(H,15,16). The summed E-state index contributed by atoms with van der Waals surface area (Å²) in [4.78, 5) is 21.7. The number of nitrogens with one attached hydrogen (secondary N) is 1. The topological polar surface area (TPSA) is 110 Å². The molecule has 0 unspecified atom stereocenters. The first kappa shape index (κ1) is 16.0. The molecule has 0 atom stereocenters. The van der Waals surface area contributed by atoms with Crippen LogP contribution >= 0.6 is 0 Å². The van der Waals surface area contributed by atoms with E-state index in [1.807, 2.05) is 0 Å². The normalized spacial score (nSPS) is 10.8. The SMILES string of the molecule is CCOC(=O)CCS(=O)(=O)Nc1ccc(C(=O)O)cc1. The molecule has 0 bridgehead atoms. The molecule has 0 aromatic heterocycles. The maximum atomic E-state index is 11.7. The third-order valence-electron chi connectivity index (χ3n) is 2.29. The number of carbonyl (C=O) groups is 2. The van der Waals surface area contributed by atoms with Crippen molar-refractivity contribution in [2.45, 2.75) is 13.3 Å². The van der Waals surface area contributed by atoms with Crippen LogP contribution in [0.4, 0.5) is 5.69 Å². The van der Waals surface area contributed by atoms with Crippen molar-refractivity contribution in [3.8, 4) is 0 Å². The summed E-state index contributed by atoms with van der Waals surface area (Å²) in [7, 11) is -3.68. The molecule has 0 saturated heterocycles. The van der Waals surface area contributed by atoms with Crippen molar-refractivity contribution in [1.29, 1.82) is 0 Å². The third-order valence-corrected chi connectivity index (χ3v) is 3.57. The van der Waals surface area contributed by atoms with E-state index in [0.717, 1.165) is 0 Å². The molecule has 0 fully saturated rings.